The number of esters is 1. The molecule has 0 unspecified atom stereocenters. The van der Waals surface area contributed by atoms with Gasteiger partial charge in [-0.25, -0.2) is 4.98 Å². The number of nitrogens with zero attached hydrogens (tertiary/aromatic N) is 1. The third-order valence-electron chi connectivity index (χ3n) is 1.84. The normalized spacial score (nSPS) is 10.5. The molecule has 1 rings (SSSR count). The molecule has 0 radical (unpaired) electrons. The number of carbonyl (C=O) groups excluding carboxylic acids is 1. The van der Waals surface area contributed by atoms with Crippen molar-refractivity contribution in [2.45, 2.75) is 27.2 Å². The zero-order valence-corrected chi connectivity index (χ0v) is 10.8. The Morgan fingerprint density at radius 2 is 2.38 bits per heavy atom. The molecule has 90 valence electrons. The third-order valence-corrected chi connectivity index (χ3v) is 2.69. The fraction of sp³-hybridized carbons (Fsp3) is 0.636. The molecule has 1 aromatic heterocycles. The van der Waals surface area contributed by atoms with E-state index in [4.69, 9.17) is 4.74 Å². The molecule has 5 heteroatoms. The first-order valence-corrected chi connectivity index (χ1v) is 6.33. The van der Waals surface area contributed by atoms with Crippen LogP contribution in [0.3, 0.4) is 0 Å². The van der Waals surface area contributed by atoms with E-state index in [2.05, 4.69) is 24.1 Å². The van der Waals surface area contributed by atoms with Gasteiger partial charge in [-0.1, -0.05) is 13.8 Å². The van der Waals surface area contributed by atoms with Gasteiger partial charge in [-0.15, -0.1) is 11.3 Å². The summed E-state index contributed by atoms with van der Waals surface area (Å²) in [5.74, 6) is 0.362. The molecule has 0 saturated heterocycles. The Morgan fingerprint density at radius 1 is 1.62 bits per heavy atom. The molecule has 1 N–H and O–H groups in total. The number of ether oxygens (including phenoxy) is 1. The Morgan fingerprint density at radius 3 is 3.00 bits per heavy atom. The molecule has 0 aromatic carbocycles. The Balaban J connectivity index is 2.42. The second kappa shape index (κ2) is 6.48. The van der Waals surface area contributed by atoms with Crippen LogP contribution in [0.4, 0.5) is 5.13 Å². The molecule has 0 amide bonds. The van der Waals surface area contributed by atoms with Crippen molar-refractivity contribution in [1.82, 2.24) is 4.98 Å². The van der Waals surface area contributed by atoms with Crippen molar-refractivity contribution in [3.8, 4) is 0 Å². The minimum Gasteiger partial charge on any atom is -0.466 e. The number of rotatable bonds is 6. The summed E-state index contributed by atoms with van der Waals surface area (Å²) in [6, 6.07) is 0. The van der Waals surface area contributed by atoms with Gasteiger partial charge >= 0.3 is 5.97 Å². The second-order valence-corrected chi connectivity index (χ2v) is 4.76. The maximum absolute atomic E-state index is 11.2. The van der Waals surface area contributed by atoms with E-state index in [1.54, 1.807) is 6.92 Å². The molecule has 0 spiro atoms. The molecule has 0 saturated carbocycles. The van der Waals surface area contributed by atoms with Gasteiger partial charge in [-0.2, -0.15) is 0 Å². The maximum Gasteiger partial charge on any atom is 0.311 e. The van der Waals surface area contributed by atoms with Gasteiger partial charge in [-0.3, -0.25) is 4.79 Å². The summed E-state index contributed by atoms with van der Waals surface area (Å²) < 4.78 is 4.86. The minimum atomic E-state index is -0.219. The van der Waals surface area contributed by atoms with E-state index in [0.717, 1.165) is 17.4 Å². The SMILES string of the molecule is CCOC(=O)Cc1csc(NCC(C)C)n1. The smallest absolute Gasteiger partial charge is 0.311 e. The predicted molar refractivity (Wildman–Crippen MR) is 65.8 cm³/mol. The molecule has 4 nitrogen and oxygen atoms in total. The molecule has 0 aliphatic heterocycles. The molecule has 16 heavy (non-hydrogen) atoms. The number of aromatic nitrogens is 1. The molecular weight excluding hydrogens is 224 g/mol. The Hall–Kier alpha value is -1.10. The topological polar surface area (TPSA) is 51.2 Å². The summed E-state index contributed by atoms with van der Waals surface area (Å²) in [5, 5.41) is 5.98. The maximum atomic E-state index is 11.2. The molecule has 1 aromatic rings. The highest BCUT2D eigenvalue weighted by Gasteiger charge is 2.08. The first-order valence-electron chi connectivity index (χ1n) is 5.45. The van der Waals surface area contributed by atoms with E-state index < -0.39 is 0 Å². The largest absolute Gasteiger partial charge is 0.466 e. The quantitative estimate of drug-likeness (QED) is 0.778. The van der Waals surface area contributed by atoms with Crippen molar-refractivity contribution in [3.05, 3.63) is 11.1 Å². The number of thiazole rings is 1. The highest BCUT2D eigenvalue weighted by atomic mass is 32.1. The van der Waals surface area contributed by atoms with E-state index in [1.807, 2.05) is 5.38 Å². The summed E-state index contributed by atoms with van der Waals surface area (Å²) in [7, 11) is 0. The lowest BCUT2D eigenvalue weighted by atomic mass is 10.2. The standard InChI is InChI=1S/C11H18N2O2S/c1-4-15-10(14)5-9-7-16-11(13-9)12-6-8(2)3/h7-8H,4-6H2,1-3H3,(H,12,13). The minimum absolute atomic E-state index is 0.219. The van der Waals surface area contributed by atoms with Crippen LogP contribution in [-0.4, -0.2) is 24.1 Å². The molecule has 0 fully saturated rings. The first kappa shape index (κ1) is 13.0. The Labute approximate surface area is 100 Å². The average Bonchev–Trinajstić information content (AvgIpc) is 2.63. The van der Waals surface area contributed by atoms with Gasteiger partial charge in [0, 0.05) is 11.9 Å². The number of hydrogen-bond donors (Lipinski definition) is 1. The van der Waals surface area contributed by atoms with Gasteiger partial charge in [-0.05, 0) is 12.8 Å². The van der Waals surface area contributed by atoms with E-state index >= 15 is 0 Å². The third kappa shape index (κ3) is 4.61. The van der Waals surface area contributed by atoms with Crippen molar-refractivity contribution >= 4 is 22.4 Å². The van der Waals surface area contributed by atoms with E-state index in [9.17, 15) is 4.79 Å². The molecular formula is C11H18N2O2S. The highest BCUT2D eigenvalue weighted by molar-refractivity contribution is 7.13. The van der Waals surface area contributed by atoms with Crippen molar-refractivity contribution in [2.24, 2.45) is 5.92 Å². The molecule has 1 heterocycles. The summed E-state index contributed by atoms with van der Waals surface area (Å²) >= 11 is 1.52. The van der Waals surface area contributed by atoms with Crippen LogP contribution in [0.15, 0.2) is 5.38 Å². The number of nitrogens with one attached hydrogen (secondary N) is 1. The highest BCUT2D eigenvalue weighted by Crippen LogP contribution is 2.16. The lowest BCUT2D eigenvalue weighted by molar-refractivity contribution is -0.142. The summed E-state index contributed by atoms with van der Waals surface area (Å²) in [6.07, 6.45) is 0.258. The molecule has 0 aliphatic rings. The van der Waals surface area contributed by atoms with Gasteiger partial charge in [0.05, 0.1) is 18.7 Å². The predicted octanol–water partition coefficient (Wildman–Crippen LogP) is 2.32. The van der Waals surface area contributed by atoms with Gasteiger partial charge in [0.25, 0.3) is 0 Å². The summed E-state index contributed by atoms with van der Waals surface area (Å²) in [5.41, 5.74) is 0.773. The van der Waals surface area contributed by atoms with Crippen LogP contribution in [0.1, 0.15) is 26.5 Å². The number of anilines is 1. The zero-order valence-electron chi connectivity index (χ0n) is 9.95. The molecule has 0 atom stereocenters. The summed E-state index contributed by atoms with van der Waals surface area (Å²) in [4.78, 5) is 15.5. The first-order chi connectivity index (χ1) is 7.61. The fourth-order valence-corrected chi connectivity index (χ4v) is 1.84. The lowest BCUT2D eigenvalue weighted by Gasteiger charge is -2.04. The number of hydrogen-bond acceptors (Lipinski definition) is 5. The monoisotopic (exact) mass is 242 g/mol. The van der Waals surface area contributed by atoms with Crippen LogP contribution >= 0.6 is 11.3 Å². The van der Waals surface area contributed by atoms with Crippen LogP contribution in [0, 0.1) is 5.92 Å². The molecule has 0 bridgehead atoms. The average molecular weight is 242 g/mol. The Kier molecular flexibility index (Phi) is 5.25. The lowest BCUT2D eigenvalue weighted by Crippen LogP contribution is -2.09. The van der Waals surface area contributed by atoms with Gasteiger partial charge < -0.3 is 10.1 Å². The Bertz CT molecular complexity index is 336. The van der Waals surface area contributed by atoms with E-state index in [1.165, 1.54) is 11.3 Å². The van der Waals surface area contributed by atoms with E-state index in [-0.39, 0.29) is 12.4 Å². The van der Waals surface area contributed by atoms with Crippen LogP contribution in [0.2, 0.25) is 0 Å². The number of carbonyl (C=O) groups is 1. The van der Waals surface area contributed by atoms with Crippen LogP contribution in [0.25, 0.3) is 0 Å². The summed E-state index contributed by atoms with van der Waals surface area (Å²) in [6.45, 7) is 7.39. The van der Waals surface area contributed by atoms with Crippen molar-refractivity contribution in [1.29, 1.82) is 0 Å². The van der Waals surface area contributed by atoms with Crippen LogP contribution in [-0.2, 0) is 16.0 Å². The van der Waals surface area contributed by atoms with Gasteiger partial charge in [0.15, 0.2) is 5.13 Å². The van der Waals surface area contributed by atoms with Crippen molar-refractivity contribution in [2.75, 3.05) is 18.5 Å². The van der Waals surface area contributed by atoms with Gasteiger partial charge in [0.1, 0.15) is 0 Å². The fourth-order valence-electron chi connectivity index (χ4n) is 1.12. The van der Waals surface area contributed by atoms with E-state index in [0.29, 0.717) is 12.5 Å². The van der Waals surface area contributed by atoms with Crippen molar-refractivity contribution < 1.29 is 9.53 Å². The van der Waals surface area contributed by atoms with Crippen LogP contribution < -0.4 is 5.32 Å². The van der Waals surface area contributed by atoms with Crippen LogP contribution in [0.5, 0.6) is 0 Å². The zero-order chi connectivity index (χ0) is 12.0. The van der Waals surface area contributed by atoms with Gasteiger partial charge in [0.2, 0.25) is 0 Å². The molecule has 0 aliphatic carbocycles. The van der Waals surface area contributed by atoms with Crippen molar-refractivity contribution in [3.63, 3.8) is 0 Å². The second-order valence-electron chi connectivity index (χ2n) is 3.90.